The van der Waals surface area contributed by atoms with Crippen LogP contribution in [0.3, 0.4) is 0 Å². The van der Waals surface area contributed by atoms with Crippen molar-refractivity contribution >= 4 is 23.4 Å². The van der Waals surface area contributed by atoms with Crippen LogP contribution in [0.4, 0.5) is 20.6 Å². The molecule has 0 unspecified atom stereocenters. The van der Waals surface area contributed by atoms with Crippen molar-refractivity contribution in [3.63, 3.8) is 0 Å². The van der Waals surface area contributed by atoms with Gasteiger partial charge in [0.2, 0.25) is 0 Å². The topological polar surface area (TPSA) is 67.4 Å². The van der Waals surface area contributed by atoms with Gasteiger partial charge >= 0.3 is 6.09 Å². The monoisotopic (exact) mass is 358 g/mol. The van der Waals surface area contributed by atoms with Gasteiger partial charge in [-0.3, -0.25) is 10.1 Å². The van der Waals surface area contributed by atoms with Gasteiger partial charge in [0, 0.05) is 5.56 Å². The third kappa shape index (κ3) is 5.31. The van der Waals surface area contributed by atoms with E-state index in [1.165, 1.54) is 12.1 Å². The van der Waals surface area contributed by atoms with Gasteiger partial charge in [-0.15, -0.1) is 0 Å². The Morgan fingerprint density at radius 1 is 0.962 bits per heavy atom. The summed E-state index contributed by atoms with van der Waals surface area (Å²) in [7, 11) is 0. The molecular weight excluding hydrogens is 335 g/mol. The van der Waals surface area contributed by atoms with Crippen LogP contribution in [-0.2, 0) is 4.74 Å². The molecule has 0 spiro atoms. The Bertz CT molecular complexity index is 841. The van der Waals surface area contributed by atoms with Crippen molar-refractivity contribution in [3.8, 4) is 0 Å². The highest BCUT2D eigenvalue weighted by atomic mass is 19.1. The lowest BCUT2D eigenvalue weighted by atomic mass is 10.0. The largest absolute Gasteiger partial charge is 0.444 e. The fraction of sp³-hybridized carbons (Fsp3) is 0.300. The van der Waals surface area contributed by atoms with Crippen LogP contribution >= 0.6 is 0 Å². The summed E-state index contributed by atoms with van der Waals surface area (Å²) in [5, 5.41) is 5.19. The Labute approximate surface area is 152 Å². The van der Waals surface area contributed by atoms with Crippen LogP contribution in [0.25, 0.3) is 0 Å². The zero-order valence-electron chi connectivity index (χ0n) is 15.6. The van der Waals surface area contributed by atoms with Crippen LogP contribution in [0.2, 0.25) is 0 Å². The molecule has 2 amide bonds. The maximum Gasteiger partial charge on any atom is 0.412 e. The molecule has 0 bridgehead atoms. The Morgan fingerprint density at radius 3 is 2.31 bits per heavy atom. The first-order chi connectivity index (χ1) is 12.0. The number of aryl methyl sites for hydroxylation is 2. The minimum absolute atomic E-state index is 0.154. The highest BCUT2D eigenvalue weighted by molar-refractivity contribution is 6.07. The Hall–Kier alpha value is -2.89. The number of ether oxygens (including phenoxy) is 1. The van der Waals surface area contributed by atoms with E-state index in [4.69, 9.17) is 4.74 Å². The molecule has 138 valence electrons. The maximum atomic E-state index is 13.7. The number of amides is 2. The van der Waals surface area contributed by atoms with E-state index in [0.29, 0.717) is 5.56 Å². The first-order valence-electron chi connectivity index (χ1n) is 8.23. The van der Waals surface area contributed by atoms with Crippen molar-refractivity contribution in [3.05, 3.63) is 58.9 Å². The third-order valence-electron chi connectivity index (χ3n) is 3.50. The SMILES string of the molecule is Cc1ccc(C)c(C(=O)Nc2cc(F)ccc2NC(=O)OC(C)(C)C)c1. The van der Waals surface area contributed by atoms with E-state index in [-0.39, 0.29) is 17.3 Å². The van der Waals surface area contributed by atoms with Crippen LogP contribution in [0.1, 0.15) is 42.3 Å². The molecule has 0 aliphatic heterocycles. The number of nitrogens with one attached hydrogen (secondary N) is 2. The molecule has 0 saturated heterocycles. The van der Waals surface area contributed by atoms with Crippen molar-refractivity contribution in [1.82, 2.24) is 0 Å². The second-order valence-electron chi connectivity index (χ2n) is 7.09. The Kier molecular flexibility index (Phi) is 5.65. The van der Waals surface area contributed by atoms with E-state index in [1.54, 1.807) is 26.8 Å². The minimum Gasteiger partial charge on any atom is -0.444 e. The predicted octanol–water partition coefficient (Wildman–Crippen LogP) is 5.04. The molecule has 6 heteroatoms. The summed E-state index contributed by atoms with van der Waals surface area (Å²) in [4.78, 5) is 24.6. The van der Waals surface area contributed by atoms with Gasteiger partial charge in [-0.2, -0.15) is 0 Å². The summed E-state index contributed by atoms with van der Waals surface area (Å²) in [5.74, 6) is -0.917. The van der Waals surface area contributed by atoms with Crippen LogP contribution in [0, 0.1) is 19.7 Å². The first kappa shape index (κ1) is 19.4. The zero-order chi connectivity index (χ0) is 19.5. The quantitative estimate of drug-likeness (QED) is 0.807. The van der Waals surface area contributed by atoms with Gasteiger partial charge in [0.15, 0.2) is 0 Å². The van der Waals surface area contributed by atoms with E-state index in [9.17, 15) is 14.0 Å². The van der Waals surface area contributed by atoms with Crippen LogP contribution < -0.4 is 10.6 Å². The molecule has 0 atom stereocenters. The van der Waals surface area contributed by atoms with Gasteiger partial charge in [-0.25, -0.2) is 9.18 Å². The smallest absolute Gasteiger partial charge is 0.412 e. The molecule has 0 aromatic heterocycles. The predicted molar refractivity (Wildman–Crippen MR) is 100 cm³/mol. The fourth-order valence-corrected chi connectivity index (χ4v) is 2.31. The molecule has 26 heavy (non-hydrogen) atoms. The molecule has 2 rings (SSSR count). The normalized spacial score (nSPS) is 11.0. The average molecular weight is 358 g/mol. The van der Waals surface area contributed by atoms with Gasteiger partial charge < -0.3 is 10.1 Å². The number of rotatable bonds is 3. The van der Waals surface area contributed by atoms with Gasteiger partial charge in [-0.1, -0.05) is 17.7 Å². The van der Waals surface area contributed by atoms with Gasteiger partial charge in [-0.05, 0) is 64.4 Å². The molecule has 0 radical (unpaired) electrons. The molecule has 5 nitrogen and oxygen atoms in total. The molecule has 2 N–H and O–H groups in total. The summed E-state index contributed by atoms with van der Waals surface area (Å²) in [6.45, 7) is 8.91. The van der Waals surface area contributed by atoms with Crippen molar-refractivity contribution in [2.45, 2.75) is 40.2 Å². The van der Waals surface area contributed by atoms with E-state index in [1.807, 2.05) is 26.0 Å². The number of carbonyl (C=O) groups excluding carboxylic acids is 2. The molecule has 0 saturated carbocycles. The van der Waals surface area contributed by atoms with Crippen molar-refractivity contribution in [2.24, 2.45) is 0 Å². The van der Waals surface area contributed by atoms with Crippen LogP contribution in [0.5, 0.6) is 0 Å². The summed E-state index contributed by atoms with van der Waals surface area (Å²) in [6.07, 6.45) is -0.689. The van der Waals surface area contributed by atoms with E-state index in [0.717, 1.165) is 17.2 Å². The molecule has 2 aromatic rings. The summed E-state index contributed by atoms with van der Waals surface area (Å²) in [5.41, 5.74) is 1.95. The van der Waals surface area contributed by atoms with Crippen molar-refractivity contribution in [1.29, 1.82) is 0 Å². The van der Waals surface area contributed by atoms with Crippen molar-refractivity contribution < 1.29 is 18.7 Å². The number of halogens is 1. The third-order valence-corrected chi connectivity index (χ3v) is 3.50. The highest BCUT2D eigenvalue weighted by Crippen LogP contribution is 2.25. The van der Waals surface area contributed by atoms with Crippen molar-refractivity contribution in [2.75, 3.05) is 10.6 Å². The van der Waals surface area contributed by atoms with Crippen LogP contribution in [0.15, 0.2) is 36.4 Å². The number of hydrogen-bond acceptors (Lipinski definition) is 3. The highest BCUT2D eigenvalue weighted by Gasteiger charge is 2.18. The van der Waals surface area contributed by atoms with E-state index >= 15 is 0 Å². The van der Waals surface area contributed by atoms with Crippen LogP contribution in [-0.4, -0.2) is 17.6 Å². The molecule has 0 aliphatic rings. The lowest BCUT2D eigenvalue weighted by Crippen LogP contribution is -2.27. The Morgan fingerprint density at radius 2 is 1.65 bits per heavy atom. The van der Waals surface area contributed by atoms with Gasteiger partial charge in [0.25, 0.3) is 5.91 Å². The number of benzene rings is 2. The molecule has 2 aromatic carbocycles. The molecule has 0 fully saturated rings. The summed E-state index contributed by atoms with van der Waals surface area (Å²) < 4.78 is 18.9. The molecular formula is C20H23FN2O3. The van der Waals surface area contributed by atoms with E-state index < -0.39 is 17.5 Å². The van der Waals surface area contributed by atoms with Gasteiger partial charge in [0.05, 0.1) is 11.4 Å². The lowest BCUT2D eigenvalue weighted by Gasteiger charge is -2.20. The number of carbonyl (C=O) groups is 2. The first-order valence-corrected chi connectivity index (χ1v) is 8.23. The summed E-state index contributed by atoms with van der Waals surface area (Å²) >= 11 is 0. The standard InChI is InChI=1S/C20H23FN2O3/c1-12-6-7-13(2)15(10-12)18(24)22-17-11-14(21)8-9-16(17)23-19(25)26-20(3,4)5/h6-11H,1-5H3,(H,22,24)(H,23,25). The maximum absolute atomic E-state index is 13.7. The number of hydrogen-bond donors (Lipinski definition) is 2. The molecule has 0 aliphatic carbocycles. The second-order valence-corrected chi connectivity index (χ2v) is 7.09. The lowest BCUT2D eigenvalue weighted by molar-refractivity contribution is 0.0635. The average Bonchev–Trinajstić information content (AvgIpc) is 2.50. The summed E-state index contributed by atoms with van der Waals surface area (Å²) in [6, 6.07) is 9.22. The molecule has 0 heterocycles. The zero-order valence-corrected chi connectivity index (χ0v) is 15.6. The number of anilines is 2. The van der Waals surface area contributed by atoms with Gasteiger partial charge in [0.1, 0.15) is 11.4 Å². The fourth-order valence-electron chi connectivity index (χ4n) is 2.31. The second kappa shape index (κ2) is 7.56. The minimum atomic E-state index is -0.689. The van der Waals surface area contributed by atoms with E-state index in [2.05, 4.69) is 10.6 Å². The Balaban J connectivity index is 2.26.